The van der Waals surface area contributed by atoms with E-state index in [0.717, 1.165) is 12.8 Å². The molecule has 0 radical (unpaired) electrons. The second kappa shape index (κ2) is 7.38. The van der Waals surface area contributed by atoms with Crippen LogP contribution < -0.4 is 5.32 Å². The molecule has 6 nitrogen and oxygen atoms in total. The summed E-state index contributed by atoms with van der Waals surface area (Å²) >= 11 is 5.70. The van der Waals surface area contributed by atoms with Gasteiger partial charge in [-0.1, -0.05) is 24.4 Å². The molecule has 0 spiro atoms. The van der Waals surface area contributed by atoms with Crippen molar-refractivity contribution in [2.75, 3.05) is 13.2 Å². The highest BCUT2D eigenvalue weighted by Gasteiger charge is 2.17. The number of nitro groups is 1. The average molecular weight is 313 g/mol. The first-order chi connectivity index (χ1) is 10.1. The number of halogens is 1. The first kappa shape index (κ1) is 15.7. The van der Waals surface area contributed by atoms with Crippen molar-refractivity contribution in [3.8, 4) is 0 Å². The van der Waals surface area contributed by atoms with Crippen LogP contribution in [0.1, 0.15) is 36.0 Å². The molecular weight excluding hydrogens is 296 g/mol. The molecule has 1 aliphatic rings. The summed E-state index contributed by atoms with van der Waals surface area (Å²) in [7, 11) is 0. The number of nitro benzene ring substituents is 1. The number of nitrogens with zero attached hydrogens (tertiary/aromatic N) is 1. The van der Waals surface area contributed by atoms with Gasteiger partial charge in [0.1, 0.15) is 5.02 Å². The van der Waals surface area contributed by atoms with Crippen molar-refractivity contribution in [3.63, 3.8) is 0 Å². The van der Waals surface area contributed by atoms with Gasteiger partial charge in [0, 0.05) is 18.2 Å². The zero-order valence-corrected chi connectivity index (χ0v) is 12.3. The number of benzene rings is 1. The Morgan fingerprint density at radius 1 is 1.43 bits per heavy atom. The smallest absolute Gasteiger partial charge is 0.288 e. The number of amides is 1. The minimum Gasteiger partial charge on any atom is -0.376 e. The number of ether oxygens (including phenoxy) is 1. The van der Waals surface area contributed by atoms with Crippen LogP contribution in [0.5, 0.6) is 0 Å². The third kappa shape index (κ3) is 4.41. The van der Waals surface area contributed by atoms with Crippen molar-refractivity contribution in [3.05, 3.63) is 38.9 Å². The lowest BCUT2D eigenvalue weighted by atomic mass is 10.2. The second-order valence-electron chi connectivity index (χ2n) is 4.96. The van der Waals surface area contributed by atoms with Crippen molar-refractivity contribution in [1.29, 1.82) is 0 Å². The van der Waals surface area contributed by atoms with E-state index in [1.807, 2.05) is 0 Å². The van der Waals surface area contributed by atoms with Crippen LogP contribution in [0.3, 0.4) is 0 Å². The summed E-state index contributed by atoms with van der Waals surface area (Å²) in [5, 5.41) is 13.5. The number of hydrogen-bond donors (Lipinski definition) is 1. The fourth-order valence-corrected chi connectivity index (χ4v) is 2.53. The van der Waals surface area contributed by atoms with Gasteiger partial charge in [0.25, 0.3) is 11.6 Å². The van der Waals surface area contributed by atoms with E-state index in [1.165, 1.54) is 31.0 Å². The molecule has 0 bridgehead atoms. The predicted octanol–water partition coefficient (Wildman–Crippen LogP) is 2.94. The molecule has 0 atom stereocenters. The van der Waals surface area contributed by atoms with E-state index in [0.29, 0.717) is 19.3 Å². The van der Waals surface area contributed by atoms with Crippen LogP contribution in [0, 0.1) is 10.1 Å². The summed E-state index contributed by atoms with van der Waals surface area (Å²) in [5.74, 6) is -0.371. The molecular formula is C14H17ClN2O4. The van der Waals surface area contributed by atoms with Crippen LogP contribution in [0.25, 0.3) is 0 Å². The van der Waals surface area contributed by atoms with Gasteiger partial charge >= 0.3 is 0 Å². The van der Waals surface area contributed by atoms with Crippen LogP contribution in [0.15, 0.2) is 18.2 Å². The Bertz CT molecular complexity index is 530. The lowest BCUT2D eigenvalue weighted by molar-refractivity contribution is -0.384. The summed E-state index contributed by atoms with van der Waals surface area (Å²) < 4.78 is 5.63. The fourth-order valence-electron chi connectivity index (χ4n) is 2.34. The molecule has 0 saturated heterocycles. The Balaban J connectivity index is 1.82. The van der Waals surface area contributed by atoms with Gasteiger partial charge in [-0.3, -0.25) is 14.9 Å². The molecule has 1 aliphatic carbocycles. The van der Waals surface area contributed by atoms with E-state index in [4.69, 9.17) is 16.3 Å². The molecule has 0 heterocycles. The van der Waals surface area contributed by atoms with Crippen LogP contribution in [0.4, 0.5) is 5.69 Å². The van der Waals surface area contributed by atoms with Crippen molar-refractivity contribution >= 4 is 23.2 Å². The molecule has 2 rings (SSSR count). The second-order valence-corrected chi connectivity index (χ2v) is 5.36. The molecule has 1 N–H and O–H groups in total. The van der Waals surface area contributed by atoms with E-state index in [9.17, 15) is 14.9 Å². The van der Waals surface area contributed by atoms with Crippen molar-refractivity contribution < 1.29 is 14.5 Å². The summed E-state index contributed by atoms with van der Waals surface area (Å²) in [6.07, 6.45) is 4.87. The normalized spacial score (nSPS) is 15.1. The average Bonchev–Trinajstić information content (AvgIpc) is 2.96. The maximum absolute atomic E-state index is 11.9. The first-order valence-electron chi connectivity index (χ1n) is 6.91. The predicted molar refractivity (Wildman–Crippen MR) is 78.6 cm³/mol. The number of nitrogens with one attached hydrogen (secondary N) is 1. The number of rotatable bonds is 6. The monoisotopic (exact) mass is 312 g/mol. The molecule has 21 heavy (non-hydrogen) atoms. The highest BCUT2D eigenvalue weighted by molar-refractivity contribution is 6.32. The number of hydrogen-bond acceptors (Lipinski definition) is 4. The fraction of sp³-hybridized carbons (Fsp3) is 0.500. The quantitative estimate of drug-likeness (QED) is 0.497. The van der Waals surface area contributed by atoms with Crippen molar-refractivity contribution in [1.82, 2.24) is 5.32 Å². The van der Waals surface area contributed by atoms with Crippen LogP contribution >= 0.6 is 11.6 Å². The Kier molecular flexibility index (Phi) is 5.52. The zero-order valence-electron chi connectivity index (χ0n) is 11.5. The van der Waals surface area contributed by atoms with Gasteiger partial charge in [0.2, 0.25) is 0 Å². The summed E-state index contributed by atoms with van der Waals surface area (Å²) in [5.41, 5.74) is -0.0570. The number of carbonyl (C=O) groups excluding carboxylic acids is 1. The summed E-state index contributed by atoms with van der Waals surface area (Å²) in [6.45, 7) is 0.831. The van der Waals surface area contributed by atoms with Crippen LogP contribution in [-0.4, -0.2) is 30.1 Å². The van der Waals surface area contributed by atoms with Crippen LogP contribution in [0.2, 0.25) is 5.02 Å². The Morgan fingerprint density at radius 3 is 2.81 bits per heavy atom. The van der Waals surface area contributed by atoms with E-state index in [1.54, 1.807) is 0 Å². The van der Waals surface area contributed by atoms with E-state index in [-0.39, 0.29) is 22.2 Å². The Morgan fingerprint density at radius 2 is 2.14 bits per heavy atom. The molecule has 0 unspecified atom stereocenters. The molecule has 1 aromatic carbocycles. The third-order valence-corrected chi connectivity index (χ3v) is 3.77. The molecule has 1 fully saturated rings. The van der Waals surface area contributed by atoms with Crippen LogP contribution in [-0.2, 0) is 4.74 Å². The van der Waals surface area contributed by atoms with Gasteiger partial charge in [-0.15, -0.1) is 0 Å². The van der Waals surface area contributed by atoms with Crippen molar-refractivity contribution in [2.24, 2.45) is 0 Å². The Hall–Kier alpha value is -1.66. The van der Waals surface area contributed by atoms with Gasteiger partial charge in [0.05, 0.1) is 17.6 Å². The molecule has 7 heteroatoms. The SMILES string of the molecule is O=C(NCCOC1CCCC1)c1ccc(Cl)c([N+](=O)[O-])c1. The molecule has 1 amide bonds. The van der Waals surface area contributed by atoms with Crippen molar-refractivity contribution in [2.45, 2.75) is 31.8 Å². The highest BCUT2D eigenvalue weighted by Crippen LogP contribution is 2.25. The van der Waals surface area contributed by atoms with E-state index < -0.39 is 4.92 Å². The lowest BCUT2D eigenvalue weighted by Crippen LogP contribution is -2.28. The zero-order chi connectivity index (χ0) is 15.2. The largest absolute Gasteiger partial charge is 0.376 e. The van der Waals surface area contributed by atoms with Gasteiger partial charge in [-0.2, -0.15) is 0 Å². The maximum atomic E-state index is 11.9. The van der Waals surface area contributed by atoms with Gasteiger partial charge in [-0.25, -0.2) is 0 Å². The topological polar surface area (TPSA) is 81.5 Å². The standard InChI is InChI=1S/C14H17ClN2O4/c15-12-6-5-10(9-13(12)17(19)20)14(18)16-7-8-21-11-3-1-2-4-11/h5-6,9,11H,1-4,7-8H2,(H,16,18). The summed E-state index contributed by atoms with van der Waals surface area (Å²) in [6, 6.07) is 3.99. The summed E-state index contributed by atoms with van der Waals surface area (Å²) in [4.78, 5) is 22.1. The number of carbonyl (C=O) groups is 1. The first-order valence-corrected chi connectivity index (χ1v) is 7.29. The minimum atomic E-state index is -0.609. The van der Waals surface area contributed by atoms with E-state index >= 15 is 0 Å². The Labute approximate surface area is 127 Å². The van der Waals surface area contributed by atoms with Gasteiger partial charge in [0.15, 0.2) is 0 Å². The third-order valence-electron chi connectivity index (χ3n) is 3.45. The molecule has 1 aromatic rings. The maximum Gasteiger partial charge on any atom is 0.288 e. The molecule has 0 aromatic heterocycles. The molecule has 0 aliphatic heterocycles. The molecule has 114 valence electrons. The van der Waals surface area contributed by atoms with Gasteiger partial charge < -0.3 is 10.1 Å². The molecule has 1 saturated carbocycles. The van der Waals surface area contributed by atoms with E-state index in [2.05, 4.69) is 5.32 Å². The lowest BCUT2D eigenvalue weighted by Gasteiger charge is -2.11. The van der Waals surface area contributed by atoms with Gasteiger partial charge in [-0.05, 0) is 25.0 Å². The minimum absolute atomic E-state index is 0.0149. The highest BCUT2D eigenvalue weighted by atomic mass is 35.5.